The minimum absolute atomic E-state index is 0.00190. The number of fused-ring (bicyclic) bond motifs is 1. The summed E-state index contributed by atoms with van der Waals surface area (Å²) in [6, 6.07) is 7.99. The second-order valence-electron chi connectivity index (χ2n) is 3.89. The van der Waals surface area contributed by atoms with Gasteiger partial charge in [-0.05, 0) is 18.7 Å². The Morgan fingerprint density at radius 2 is 2.31 bits per heavy atom. The lowest BCUT2D eigenvalue weighted by molar-refractivity contribution is -0.120. The van der Waals surface area contributed by atoms with Crippen molar-refractivity contribution in [3.8, 4) is 5.75 Å². The average Bonchev–Trinajstić information content (AvgIpc) is 2.69. The second-order valence-corrected chi connectivity index (χ2v) is 3.89. The molecule has 2 rings (SSSR count). The minimum Gasteiger partial charge on any atom is -0.488 e. The van der Waals surface area contributed by atoms with E-state index < -0.39 is 0 Å². The number of hydrogen-bond donors (Lipinski definition) is 2. The first-order chi connectivity index (χ1) is 7.79. The molecule has 0 radical (unpaired) electrons. The first-order valence-corrected chi connectivity index (χ1v) is 5.45. The van der Waals surface area contributed by atoms with Gasteiger partial charge >= 0.3 is 0 Å². The normalized spacial score (nSPS) is 17.7. The van der Waals surface area contributed by atoms with Crippen LogP contribution >= 0.6 is 0 Å². The van der Waals surface area contributed by atoms with Gasteiger partial charge in [-0.2, -0.15) is 0 Å². The molecule has 1 aliphatic rings. The van der Waals surface area contributed by atoms with E-state index in [4.69, 9.17) is 4.74 Å². The Morgan fingerprint density at radius 1 is 1.50 bits per heavy atom. The van der Waals surface area contributed by atoms with Crippen LogP contribution in [-0.2, 0) is 11.2 Å². The van der Waals surface area contributed by atoms with Crippen molar-refractivity contribution >= 4 is 5.91 Å². The number of rotatable bonds is 4. The van der Waals surface area contributed by atoms with Crippen molar-refractivity contribution < 1.29 is 9.53 Å². The maximum Gasteiger partial charge on any atom is 0.234 e. The lowest BCUT2D eigenvalue weighted by Crippen LogP contribution is -2.38. The van der Waals surface area contributed by atoms with Crippen LogP contribution in [0.15, 0.2) is 24.3 Å². The first kappa shape index (κ1) is 11.0. The van der Waals surface area contributed by atoms with E-state index in [0.717, 1.165) is 12.2 Å². The monoisotopic (exact) mass is 220 g/mol. The fourth-order valence-electron chi connectivity index (χ4n) is 1.82. The fraction of sp³-hybridized carbons (Fsp3) is 0.417. The van der Waals surface area contributed by atoms with Crippen LogP contribution in [0.2, 0.25) is 0 Å². The van der Waals surface area contributed by atoms with Gasteiger partial charge in [0.2, 0.25) is 5.91 Å². The zero-order valence-corrected chi connectivity index (χ0v) is 9.32. The van der Waals surface area contributed by atoms with Gasteiger partial charge in [-0.15, -0.1) is 0 Å². The third kappa shape index (κ3) is 2.52. The van der Waals surface area contributed by atoms with E-state index in [-0.39, 0.29) is 12.0 Å². The highest BCUT2D eigenvalue weighted by molar-refractivity contribution is 5.77. The molecule has 0 aliphatic carbocycles. The first-order valence-electron chi connectivity index (χ1n) is 5.45. The summed E-state index contributed by atoms with van der Waals surface area (Å²) in [5.74, 6) is 0.942. The summed E-state index contributed by atoms with van der Waals surface area (Å²) in [6.45, 7) is 0.912. The SMILES string of the molecule is CNCC(=O)NCC1Cc2ccccc2O1. The molecule has 86 valence electrons. The number of nitrogens with one attached hydrogen (secondary N) is 2. The minimum atomic E-state index is 0.00190. The summed E-state index contributed by atoms with van der Waals surface area (Å²) in [6.07, 6.45) is 0.939. The number of ether oxygens (including phenoxy) is 1. The van der Waals surface area contributed by atoms with Crippen LogP contribution in [0, 0.1) is 0 Å². The molecule has 1 heterocycles. The molecule has 0 saturated carbocycles. The summed E-state index contributed by atoms with van der Waals surface area (Å²) in [4.78, 5) is 11.2. The lowest BCUT2D eigenvalue weighted by atomic mass is 10.1. The highest BCUT2D eigenvalue weighted by Crippen LogP contribution is 2.27. The lowest BCUT2D eigenvalue weighted by Gasteiger charge is -2.11. The van der Waals surface area contributed by atoms with E-state index in [1.807, 2.05) is 18.2 Å². The van der Waals surface area contributed by atoms with Crippen LogP contribution in [0.1, 0.15) is 5.56 Å². The molecule has 4 nitrogen and oxygen atoms in total. The topological polar surface area (TPSA) is 50.4 Å². The van der Waals surface area contributed by atoms with Gasteiger partial charge in [0.25, 0.3) is 0 Å². The van der Waals surface area contributed by atoms with Gasteiger partial charge < -0.3 is 15.4 Å². The summed E-state index contributed by atoms with van der Waals surface area (Å²) in [7, 11) is 1.75. The standard InChI is InChI=1S/C12H16N2O2/c1-13-8-12(15)14-7-10-6-9-4-2-3-5-11(9)16-10/h2-5,10,13H,6-8H2,1H3,(H,14,15). The van der Waals surface area contributed by atoms with E-state index in [9.17, 15) is 4.79 Å². The van der Waals surface area contributed by atoms with Gasteiger partial charge in [-0.3, -0.25) is 4.79 Å². The molecule has 0 aromatic heterocycles. The highest BCUT2D eigenvalue weighted by Gasteiger charge is 2.22. The predicted molar refractivity (Wildman–Crippen MR) is 61.5 cm³/mol. The van der Waals surface area contributed by atoms with E-state index in [0.29, 0.717) is 13.1 Å². The maximum atomic E-state index is 11.2. The number of para-hydroxylation sites is 1. The number of amides is 1. The Morgan fingerprint density at radius 3 is 3.06 bits per heavy atom. The number of likely N-dealkylation sites (N-methyl/N-ethyl adjacent to an activating group) is 1. The molecular formula is C12H16N2O2. The summed E-state index contributed by atoms with van der Waals surface area (Å²) in [5, 5.41) is 5.64. The highest BCUT2D eigenvalue weighted by atomic mass is 16.5. The molecule has 0 spiro atoms. The molecule has 1 aromatic rings. The van der Waals surface area contributed by atoms with Gasteiger partial charge in [0.1, 0.15) is 11.9 Å². The molecule has 1 aliphatic heterocycles. The van der Waals surface area contributed by atoms with Gasteiger partial charge in [-0.25, -0.2) is 0 Å². The van der Waals surface area contributed by atoms with Crippen molar-refractivity contribution in [3.63, 3.8) is 0 Å². The summed E-state index contributed by atoms with van der Waals surface area (Å²) in [5.41, 5.74) is 1.22. The number of carbonyl (C=O) groups is 1. The van der Waals surface area contributed by atoms with E-state index >= 15 is 0 Å². The Balaban J connectivity index is 1.81. The van der Waals surface area contributed by atoms with E-state index in [1.54, 1.807) is 7.05 Å². The Labute approximate surface area is 95.0 Å². The largest absolute Gasteiger partial charge is 0.488 e. The number of hydrogen-bond acceptors (Lipinski definition) is 3. The molecule has 0 bridgehead atoms. The molecule has 0 fully saturated rings. The predicted octanol–water partition coefficient (Wildman–Crippen LogP) is 0.326. The molecule has 4 heteroatoms. The van der Waals surface area contributed by atoms with Crippen molar-refractivity contribution in [2.24, 2.45) is 0 Å². The Kier molecular flexibility index (Phi) is 3.41. The van der Waals surface area contributed by atoms with Crippen LogP contribution in [0.25, 0.3) is 0 Å². The molecule has 2 N–H and O–H groups in total. The van der Waals surface area contributed by atoms with Gasteiger partial charge in [0.05, 0.1) is 13.1 Å². The van der Waals surface area contributed by atoms with Crippen LogP contribution in [-0.4, -0.2) is 32.1 Å². The zero-order chi connectivity index (χ0) is 11.4. The summed E-state index contributed by atoms with van der Waals surface area (Å²) < 4.78 is 5.70. The molecular weight excluding hydrogens is 204 g/mol. The maximum absolute atomic E-state index is 11.2. The smallest absolute Gasteiger partial charge is 0.234 e. The quantitative estimate of drug-likeness (QED) is 0.768. The van der Waals surface area contributed by atoms with Crippen LogP contribution < -0.4 is 15.4 Å². The zero-order valence-electron chi connectivity index (χ0n) is 9.32. The Bertz CT molecular complexity index is 354. The summed E-state index contributed by atoms with van der Waals surface area (Å²) >= 11 is 0. The molecule has 1 aromatic carbocycles. The van der Waals surface area contributed by atoms with E-state index in [1.165, 1.54) is 5.56 Å². The van der Waals surface area contributed by atoms with E-state index in [2.05, 4.69) is 16.7 Å². The van der Waals surface area contributed by atoms with Crippen molar-refractivity contribution in [1.82, 2.24) is 10.6 Å². The second kappa shape index (κ2) is 4.99. The fourth-order valence-corrected chi connectivity index (χ4v) is 1.82. The van der Waals surface area contributed by atoms with Crippen LogP contribution in [0.3, 0.4) is 0 Å². The Hall–Kier alpha value is -1.55. The van der Waals surface area contributed by atoms with Gasteiger partial charge in [-0.1, -0.05) is 18.2 Å². The number of carbonyl (C=O) groups excluding carboxylic acids is 1. The average molecular weight is 220 g/mol. The molecule has 1 amide bonds. The molecule has 16 heavy (non-hydrogen) atoms. The molecule has 0 saturated heterocycles. The van der Waals surface area contributed by atoms with Gasteiger partial charge in [0.15, 0.2) is 0 Å². The molecule has 1 atom stereocenters. The van der Waals surface area contributed by atoms with Crippen molar-refractivity contribution in [2.45, 2.75) is 12.5 Å². The van der Waals surface area contributed by atoms with Crippen molar-refractivity contribution in [1.29, 1.82) is 0 Å². The number of benzene rings is 1. The van der Waals surface area contributed by atoms with Gasteiger partial charge in [0, 0.05) is 6.42 Å². The third-order valence-electron chi connectivity index (χ3n) is 2.58. The molecule has 1 unspecified atom stereocenters. The van der Waals surface area contributed by atoms with Crippen LogP contribution in [0.5, 0.6) is 5.75 Å². The third-order valence-corrected chi connectivity index (χ3v) is 2.58. The van der Waals surface area contributed by atoms with Crippen LogP contribution in [0.4, 0.5) is 0 Å². The van der Waals surface area contributed by atoms with Crippen molar-refractivity contribution in [3.05, 3.63) is 29.8 Å². The van der Waals surface area contributed by atoms with Crippen molar-refractivity contribution in [2.75, 3.05) is 20.1 Å².